The summed E-state index contributed by atoms with van der Waals surface area (Å²) >= 11 is 0. The van der Waals surface area contributed by atoms with E-state index in [9.17, 15) is 0 Å². The normalized spacial score (nSPS) is 17.3. The molecule has 0 saturated heterocycles. The fourth-order valence-corrected chi connectivity index (χ4v) is 2.67. The van der Waals surface area contributed by atoms with E-state index in [0.29, 0.717) is 12.5 Å². The first-order chi connectivity index (χ1) is 10.4. The fraction of sp³-hybridized carbons (Fsp3) is 0.438. The monoisotopic (exact) mass is 287 g/mol. The van der Waals surface area contributed by atoms with E-state index in [1.54, 1.807) is 7.11 Å². The zero-order valence-corrected chi connectivity index (χ0v) is 12.3. The van der Waals surface area contributed by atoms with E-state index in [1.807, 2.05) is 18.3 Å². The van der Waals surface area contributed by atoms with Crippen molar-refractivity contribution < 1.29 is 9.47 Å². The Hall–Kier alpha value is -1.85. The van der Waals surface area contributed by atoms with Crippen LogP contribution in [0.3, 0.4) is 0 Å². The van der Waals surface area contributed by atoms with Gasteiger partial charge in [0.2, 0.25) is 0 Å². The van der Waals surface area contributed by atoms with Crippen LogP contribution >= 0.6 is 0 Å². The van der Waals surface area contributed by atoms with E-state index in [2.05, 4.69) is 27.4 Å². The zero-order valence-electron chi connectivity index (χ0n) is 12.3. The van der Waals surface area contributed by atoms with Gasteiger partial charge in [0.25, 0.3) is 0 Å². The predicted molar refractivity (Wildman–Crippen MR) is 80.6 cm³/mol. The maximum Gasteiger partial charge on any atom is 0.123 e. The van der Waals surface area contributed by atoms with E-state index in [1.165, 1.54) is 5.56 Å². The Kier molecular flexibility index (Phi) is 4.52. The summed E-state index contributed by atoms with van der Waals surface area (Å²) in [5.74, 6) is 2.29. The van der Waals surface area contributed by atoms with Crippen LogP contribution in [0.15, 0.2) is 30.5 Å². The third kappa shape index (κ3) is 3.25. The number of H-pyrrole nitrogens is 1. The second kappa shape index (κ2) is 6.74. The summed E-state index contributed by atoms with van der Waals surface area (Å²) in [5.41, 5.74) is 2.32. The highest BCUT2D eigenvalue weighted by Crippen LogP contribution is 2.36. The molecule has 2 N–H and O–H groups in total. The minimum atomic E-state index is 0.294. The number of aromatic nitrogens is 2. The standard InChI is InChI=1S/C16H21N3O2/c1-20-9-7-17-10-12-11-18-16(19-12)14-6-8-21-15-5-3-2-4-13(14)15/h2-5,11,14,17H,6-10H2,1H3,(H,18,19). The molecule has 0 aliphatic carbocycles. The van der Waals surface area contributed by atoms with Gasteiger partial charge in [-0.15, -0.1) is 0 Å². The van der Waals surface area contributed by atoms with Crippen LogP contribution in [0.4, 0.5) is 0 Å². The SMILES string of the molecule is COCCNCc1cnc(C2CCOc3ccccc32)[nH]1. The van der Waals surface area contributed by atoms with Gasteiger partial charge in [-0.05, 0) is 12.5 Å². The van der Waals surface area contributed by atoms with Crippen LogP contribution in [0.2, 0.25) is 0 Å². The molecule has 1 aromatic carbocycles. The number of aromatic amines is 1. The molecule has 1 aliphatic rings. The number of para-hydroxylation sites is 1. The molecule has 1 aliphatic heterocycles. The number of hydrogen-bond acceptors (Lipinski definition) is 4. The Balaban J connectivity index is 1.69. The molecule has 0 fully saturated rings. The van der Waals surface area contributed by atoms with Gasteiger partial charge in [-0.3, -0.25) is 0 Å². The Labute approximate surface area is 124 Å². The summed E-state index contributed by atoms with van der Waals surface area (Å²) in [5, 5.41) is 3.32. The van der Waals surface area contributed by atoms with Crippen molar-refractivity contribution in [1.29, 1.82) is 0 Å². The Bertz CT molecular complexity index is 582. The van der Waals surface area contributed by atoms with Crippen molar-refractivity contribution in [3.8, 4) is 5.75 Å². The molecule has 0 spiro atoms. The number of hydrogen-bond donors (Lipinski definition) is 2. The molecule has 112 valence electrons. The summed E-state index contributed by atoms with van der Waals surface area (Å²) < 4.78 is 10.7. The van der Waals surface area contributed by atoms with E-state index in [-0.39, 0.29) is 0 Å². The quantitative estimate of drug-likeness (QED) is 0.798. The first kappa shape index (κ1) is 14.1. The van der Waals surface area contributed by atoms with Crippen molar-refractivity contribution in [1.82, 2.24) is 15.3 Å². The lowest BCUT2D eigenvalue weighted by atomic mass is 9.92. The lowest BCUT2D eigenvalue weighted by Crippen LogP contribution is -2.19. The van der Waals surface area contributed by atoms with Crippen LogP contribution in [-0.4, -0.2) is 36.8 Å². The van der Waals surface area contributed by atoms with E-state index < -0.39 is 0 Å². The van der Waals surface area contributed by atoms with Gasteiger partial charge in [0.1, 0.15) is 11.6 Å². The molecule has 5 heteroatoms. The predicted octanol–water partition coefficient (Wildman–Crippen LogP) is 2.06. The number of benzene rings is 1. The molecular weight excluding hydrogens is 266 g/mol. The summed E-state index contributed by atoms with van der Waals surface area (Å²) in [6.07, 6.45) is 2.87. The summed E-state index contributed by atoms with van der Waals surface area (Å²) in [6, 6.07) is 8.21. The van der Waals surface area contributed by atoms with Crippen LogP contribution in [-0.2, 0) is 11.3 Å². The van der Waals surface area contributed by atoms with E-state index in [4.69, 9.17) is 9.47 Å². The highest BCUT2D eigenvalue weighted by molar-refractivity contribution is 5.40. The molecule has 21 heavy (non-hydrogen) atoms. The second-order valence-corrected chi connectivity index (χ2v) is 5.19. The van der Waals surface area contributed by atoms with Crippen LogP contribution < -0.4 is 10.1 Å². The molecule has 0 radical (unpaired) electrons. The fourth-order valence-electron chi connectivity index (χ4n) is 2.67. The Morgan fingerprint density at radius 1 is 1.43 bits per heavy atom. The largest absolute Gasteiger partial charge is 0.493 e. The first-order valence-corrected chi connectivity index (χ1v) is 7.33. The molecule has 3 rings (SSSR count). The smallest absolute Gasteiger partial charge is 0.123 e. The summed E-state index contributed by atoms with van der Waals surface area (Å²) in [4.78, 5) is 7.99. The Morgan fingerprint density at radius 2 is 2.33 bits per heavy atom. The number of rotatable bonds is 6. The summed E-state index contributed by atoms with van der Waals surface area (Å²) in [7, 11) is 1.71. The topological polar surface area (TPSA) is 59.2 Å². The maximum absolute atomic E-state index is 5.71. The molecular formula is C16H21N3O2. The Morgan fingerprint density at radius 3 is 3.24 bits per heavy atom. The van der Waals surface area contributed by atoms with E-state index >= 15 is 0 Å². The van der Waals surface area contributed by atoms with Crippen LogP contribution in [0.25, 0.3) is 0 Å². The van der Waals surface area contributed by atoms with Gasteiger partial charge in [0.05, 0.1) is 13.2 Å². The average molecular weight is 287 g/mol. The molecule has 2 heterocycles. The van der Waals surface area contributed by atoms with Crippen LogP contribution in [0.5, 0.6) is 5.75 Å². The maximum atomic E-state index is 5.71. The van der Waals surface area contributed by atoms with E-state index in [0.717, 1.165) is 43.4 Å². The average Bonchev–Trinajstić information content (AvgIpc) is 3.00. The molecule has 5 nitrogen and oxygen atoms in total. The van der Waals surface area contributed by atoms with Crippen molar-refractivity contribution in [2.24, 2.45) is 0 Å². The number of methoxy groups -OCH3 is 1. The van der Waals surface area contributed by atoms with Gasteiger partial charge in [0, 0.05) is 43.6 Å². The molecule has 2 aromatic rings. The van der Waals surface area contributed by atoms with Crippen LogP contribution in [0, 0.1) is 0 Å². The summed E-state index contributed by atoms with van der Waals surface area (Å²) in [6.45, 7) is 3.07. The van der Waals surface area contributed by atoms with Crippen molar-refractivity contribution in [3.05, 3.63) is 47.5 Å². The minimum absolute atomic E-state index is 0.294. The van der Waals surface area contributed by atoms with Gasteiger partial charge in [0.15, 0.2) is 0 Å². The second-order valence-electron chi connectivity index (χ2n) is 5.19. The van der Waals surface area contributed by atoms with Gasteiger partial charge < -0.3 is 19.8 Å². The van der Waals surface area contributed by atoms with Crippen molar-refractivity contribution >= 4 is 0 Å². The molecule has 0 bridgehead atoms. The lowest BCUT2D eigenvalue weighted by Gasteiger charge is -2.24. The highest BCUT2D eigenvalue weighted by Gasteiger charge is 2.24. The third-order valence-electron chi connectivity index (χ3n) is 3.74. The van der Waals surface area contributed by atoms with Gasteiger partial charge in [-0.1, -0.05) is 18.2 Å². The zero-order chi connectivity index (χ0) is 14.5. The highest BCUT2D eigenvalue weighted by atomic mass is 16.5. The molecule has 1 aromatic heterocycles. The lowest BCUT2D eigenvalue weighted by molar-refractivity contribution is 0.199. The third-order valence-corrected chi connectivity index (χ3v) is 3.74. The van der Waals surface area contributed by atoms with Gasteiger partial charge >= 0.3 is 0 Å². The molecule has 1 unspecified atom stereocenters. The minimum Gasteiger partial charge on any atom is -0.493 e. The number of fused-ring (bicyclic) bond motifs is 1. The van der Waals surface area contributed by atoms with Crippen molar-refractivity contribution in [2.45, 2.75) is 18.9 Å². The van der Waals surface area contributed by atoms with Gasteiger partial charge in [-0.2, -0.15) is 0 Å². The number of imidazole rings is 1. The molecule has 0 amide bonds. The van der Waals surface area contributed by atoms with Crippen molar-refractivity contribution in [2.75, 3.05) is 26.9 Å². The number of nitrogens with one attached hydrogen (secondary N) is 2. The first-order valence-electron chi connectivity index (χ1n) is 7.33. The van der Waals surface area contributed by atoms with Gasteiger partial charge in [-0.25, -0.2) is 4.98 Å². The van der Waals surface area contributed by atoms with Crippen LogP contribution in [0.1, 0.15) is 29.4 Å². The molecule has 1 atom stereocenters. The van der Waals surface area contributed by atoms with Crippen molar-refractivity contribution in [3.63, 3.8) is 0 Å². The molecule has 0 saturated carbocycles. The number of ether oxygens (including phenoxy) is 2. The number of nitrogens with zero attached hydrogens (tertiary/aromatic N) is 1.